The average Bonchev–Trinajstić information content (AvgIpc) is 2.42. The molecule has 21 heavy (non-hydrogen) atoms. The van der Waals surface area contributed by atoms with Gasteiger partial charge >= 0.3 is 0 Å². The summed E-state index contributed by atoms with van der Waals surface area (Å²) < 4.78 is 19.1. The van der Waals surface area contributed by atoms with Gasteiger partial charge in [0.15, 0.2) is 11.6 Å². The van der Waals surface area contributed by atoms with Gasteiger partial charge in [-0.05, 0) is 25.1 Å². The van der Waals surface area contributed by atoms with E-state index in [9.17, 15) is 14.5 Å². The van der Waals surface area contributed by atoms with Gasteiger partial charge in [0.25, 0.3) is 5.69 Å². The van der Waals surface area contributed by atoms with Crippen molar-refractivity contribution in [3.05, 3.63) is 57.7 Å². The van der Waals surface area contributed by atoms with Gasteiger partial charge in [-0.15, -0.1) is 0 Å². The number of benzene rings is 1. The molecule has 0 saturated carbocycles. The first-order chi connectivity index (χ1) is 9.88. The Balaban J connectivity index is 2.29. The molecule has 0 aliphatic rings. The molecule has 0 fully saturated rings. The van der Waals surface area contributed by atoms with Crippen LogP contribution in [0, 0.1) is 28.3 Å². The van der Waals surface area contributed by atoms with Crippen LogP contribution in [-0.4, -0.2) is 15.7 Å². The third-order valence-electron chi connectivity index (χ3n) is 2.69. The van der Waals surface area contributed by atoms with Crippen LogP contribution in [0.15, 0.2) is 30.5 Å². The summed E-state index contributed by atoms with van der Waals surface area (Å²) in [6.45, 7) is 1.49. The smallest absolute Gasteiger partial charge is 0.275 e. The zero-order valence-electron chi connectivity index (χ0n) is 11.0. The van der Waals surface area contributed by atoms with Gasteiger partial charge in [-0.3, -0.25) is 15.5 Å². The zero-order chi connectivity index (χ0) is 15.6. The minimum absolute atomic E-state index is 0.143. The van der Waals surface area contributed by atoms with Crippen molar-refractivity contribution in [3.63, 3.8) is 0 Å². The van der Waals surface area contributed by atoms with Gasteiger partial charge in [0, 0.05) is 5.56 Å². The number of nitro benzene ring substituents is 1. The summed E-state index contributed by atoms with van der Waals surface area (Å²) in [4.78, 5) is 13.9. The lowest BCUT2D eigenvalue weighted by Gasteiger charge is -2.08. The van der Waals surface area contributed by atoms with Gasteiger partial charge in [0.2, 0.25) is 0 Å². The van der Waals surface area contributed by atoms with E-state index in [0.717, 1.165) is 6.07 Å². The van der Waals surface area contributed by atoms with Crippen LogP contribution in [0.5, 0.6) is 11.5 Å². The normalized spacial score (nSPS) is 10.2. The average molecular weight is 290 g/mol. The van der Waals surface area contributed by atoms with E-state index in [4.69, 9.17) is 15.9 Å². The molecular formula is C13H11FN4O3. The number of nitrogen functional groups attached to an aromatic ring is 1. The summed E-state index contributed by atoms with van der Waals surface area (Å²) in [6, 6.07) is 4.97. The number of halogens is 1. The first-order valence-corrected chi connectivity index (χ1v) is 5.81. The molecule has 0 spiro atoms. The van der Waals surface area contributed by atoms with Crippen LogP contribution < -0.4 is 10.5 Å². The van der Waals surface area contributed by atoms with Crippen molar-refractivity contribution in [1.29, 1.82) is 5.41 Å². The minimum Gasteiger partial charge on any atom is -0.453 e. The Bertz CT molecular complexity index is 716. The van der Waals surface area contributed by atoms with Gasteiger partial charge in [0.1, 0.15) is 17.3 Å². The molecule has 2 aromatic rings. The number of nitrogens with zero attached hydrogens (tertiary/aromatic N) is 2. The second-order valence-electron chi connectivity index (χ2n) is 4.22. The fourth-order valence-corrected chi connectivity index (χ4v) is 1.65. The van der Waals surface area contributed by atoms with Crippen molar-refractivity contribution in [3.8, 4) is 11.5 Å². The Labute approximate surface area is 118 Å². The van der Waals surface area contributed by atoms with Crippen LogP contribution in [0.2, 0.25) is 0 Å². The van der Waals surface area contributed by atoms with Crippen molar-refractivity contribution in [2.45, 2.75) is 6.92 Å². The fourth-order valence-electron chi connectivity index (χ4n) is 1.65. The number of ether oxygens (including phenoxy) is 1. The molecule has 0 bridgehead atoms. The lowest BCUT2D eigenvalue weighted by atomic mass is 10.2. The largest absolute Gasteiger partial charge is 0.453 e. The number of pyridine rings is 1. The summed E-state index contributed by atoms with van der Waals surface area (Å²) in [5.74, 6) is -0.954. The highest BCUT2D eigenvalue weighted by molar-refractivity contribution is 5.92. The number of hydrogen-bond acceptors (Lipinski definition) is 5. The molecule has 7 nitrogen and oxygen atoms in total. The predicted octanol–water partition coefficient (Wildman–Crippen LogP) is 2.51. The molecule has 1 aromatic carbocycles. The molecular weight excluding hydrogens is 279 g/mol. The van der Waals surface area contributed by atoms with Crippen LogP contribution in [0.4, 0.5) is 10.1 Å². The van der Waals surface area contributed by atoms with Crippen molar-refractivity contribution < 1.29 is 14.1 Å². The maximum atomic E-state index is 13.8. The number of rotatable bonds is 4. The maximum Gasteiger partial charge on any atom is 0.275 e. The molecule has 0 radical (unpaired) electrons. The zero-order valence-corrected chi connectivity index (χ0v) is 11.0. The monoisotopic (exact) mass is 290 g/mol. The molecule has 108 valence electrons. The Morgan fingerprint density at radius 1 is 1.48 bits per heavy atom. The second kappa shape index (κ2) is 5.53. The Morgan fingerprint density at radius 3 is 2.71 bits per heavy atom. The predicted molar refractivity (Wildman–Crippen MR) is 73.1 cm³/mol. The number of amidine groups is 1. The topological polar surface area (TPSA) is 115 Å². The number of nitrogens with two attached hydrogens (primary N) is 1. The molecule has 3 N–H and O–H groups in total. The van der Waals surface area contributed by atoms with E-state index in [1.807, 2.05) is 0 Å². The SMILES string of the molecule is Cc1cc(Oc2ccc(C(=N)N)nc2)c(F)cc1[N+](=O)[O-]. The van der Waals surface area contributed by atoms with Crippen LogP contribution in [-0.2, 0) is 0 Å². The molecule has 8 heteroatoms. The Kier molecular flexibility index (Phi) is 3.79. The van der Waals surface area contributed by atoms with Crippen LogP contribution >= 0.6 is 0 Å². The number of nitro groups is 1. The van der Waals surface area contributed by atoms with E-state index in [1.165, 1.54) is 31.3 Å². The fraction of sp³-hybridized carbons (Fsp3) is 0.0769. The molecule has 0 aliphatic heterocycles. The van der Waals surface area contributed by atoms with E-state index in [2.05, 4.69) is 4.98 Å². The van der Waals surface area contributed by atoms with Crippen LogP contribution in [0.1, 0.15) is 11.3 Å². The van der Waals surface area contributed by atoms with E-state index in [-0.39, 0.29) is 34.3 Å². The highest BCUT2D eigenvalue weighted by Gasteiger charge is 2.16. The first-order valence-electron chi connectivity index (χ1n) is 5.81. The second-order valence-corrected chi connectivity index (χ2v) is 4.22. The molecule has 0 atom stereocenters. The van der Waals surface area contributed by atoms with Crippen molar-refractivity contribution >= 4 is 11.5 Å². The van der Waals surface area contributed by atoms with Crippen molar-refractivity contribution in [1.82, 2.24) is 4.98 Å². The van der Waals surface area contributed by atoms with E-state index < -0.39 is 10.7 Å². The Hall–Kier alpha value is -3.03. The quantitative estimate of drug-likeness (QED) is 0.388. The summed E-state index contributed by atoms with van der Waals surface area (Å²) in [7, 11) is 0. The molecule has 0 aliphatic carbocycles. The molecule has 1 heterocycles. The lowest BCUT2D eigenvalue weighted by Crippen LogP contribution is -2.12. The van der Waals surface area contributed by atoms with Crippen molar-refractivity contribution in [2.24, 2.45) is 5.73 Å². The van der Waals surface area contributed by atoms with Gasteiger partial charge in [-0.1, -0.05) is 0 Å². The number of aryl methyl sites for hydroxylation is 1. The maximum absolute atomic E-state index is 13.8. The summed E-state index contributed by atoms with van der Waals surface area (Å²) in [5, 5.41) is 17.9. The van der Waals surface area contributed by atoms with E-state index >= 15 is 0 Å². The molecule has 2 rings (SSSR count). The van der Waals surface area contributed by atoms with Crippen LogP contribution in [0.25, 0.3) is 0 Å². The number of hydrogen-bond donors (Lipinski definition) is 2. The van der Waals surface area contributed by atoms with Crippen LogP contribution in [0.3, 0.4) is 0 Å². The van der Waals surface area contributed by atoms with Crippen molar-refractivity contribution in [2.75, 3.05) is 0 Å². The number of aromatic nitrogens is 1. The third kappa shape index (κ3) is 3.11. The summed E-state index contributed by atoms with van der Waals surface area (Å²) in [5.41, 5.74) is 5.50. The highest BCUT2D eigenvalue weighted by atomic mass is 19.1. The summed E-state index contributed by atoms with van der Waals surface area (Å²) in [6.07, 6.45) is 1.28. The standard InChI is InChI=1S/C13H11FN4O3/c1-7-4-12(9(14)5-11(7)18(19)20)21-8-2-3-10(13(15)16)17-6-8/h2-6H,1H3,(H3,15,16). The Morgan fingerprint density at radius 2 is 2.19 bits per heavy atom. The summed E-state index contributed by atoms with van der Waals surface area (Å²) >= 11 is 0. The van der Waals surface area contributed by atoms with Gasteiger partial charge in [-0.2, -0.15) is 0 Å². The van der Waals surface area contributed by atoms with E-state index in [1.54, 1.807) is 0 Å². The molecule has 0 unspecified atom stereocenters. The molecule has 0 amide bonds. The molecule has 1 aromatic heterocycles. The molecule has 0 saturated heterocycles. The highest BCUT2D eigenvalue weighted by Crippen LogP contribution is 2.30. The first kappa shape index (κ1) is 14.4. The van der Waals surface area contributed by atoms with Gasteiger partial charge < -0.3 is 10.5 Å². The van der Waals surface area contributed by atoms with E-state index in [0.29, 0.717) is 0 Å². The lowest BCUT2D eigenvalue weighted by molar-refractivity contribution is -0.385. The number of nitrogens with one attached hydrogen (secondary N) is 1. The third-order valence-corrected chi connectivity index (χ3v) is 2.69. The minimum atomic E-state index is -0.844. The van der Waals surface area contributed by atoms with Gasteiger partial charge in [-0.25, -0.2) is 9.37 Å². The van der Waals surface area contributed by atoms with Gasteiger partial charge in [0.05, 0.1) is 17.2 Å².